The molecule has 0 saturated carbocycles. The molecule has 0 bridgehead atoms. The van der Waals surface area contributed by atoms with Gasteiger partial charge in [-0.25, -0.2) is 19.7 Å². The smallest absolute Gasteiger partial charge is 0.354 e. The second kappa shape index (κ2) is 3.51. The van der Waals surface area contributed by atoms with Gasteiger partial charge in [0.05, 0.1) is 5.51 Å². The van der Waals surface area contributed by atoms with Gasteiger partial charge in [0, 0.05) is 11.6 Å². The lowest BCUT2D eigenvalue weighted by atomic mass is 10.4. The van der Waals surface area contributed by atoms with Crippen LogP contribution in [-0.2, 0) is 0 Å². The molecule has 0 amide bonds. The summed E-state index contributed by atoms with van der Waals surface area (Å²) in [6.45, 7) is 0. The van der Waals surface area contributed by atoms with Crippen molar-refractivity contribution in [3.63, 3.8) is 0 Å². The van der Waals surface area contributed by atoms with Crippen LogP contribution in [0, 0.1) is 0 Å². The zero-order chi connectivity index (χ0) is 9.97. The van der Waals surface area contributed by atoms with Gasteiger partial charge in [-0.05, 0) is 6.07 Å². The normalized spacial score (nSPS) is 10.0. The van der Waals surface area contributed by atoms with Gasteiger partial charge in [0.2, 0.25) is 0 Å². The second-order valence-corrected chi connectivity index (χ2v) is 3.16. The predicted octanol–water partition coefficient (Wildman–Crippen LogP) is 1.30. The van der Waals surface area contributed by atoms with Crippen LogP contribution in [0.25, 0.3) is 11.5 Å². The molecule has 5 nitrogen and oxygen atoms in total. The van der Waals surface area contributed by atoms with E-state index < -0.39 is 5.97 Å². The molecule has 0 fully saturated rings. The number of aromatic nitrogens is 3. The third kappa shape index (κ3) is 1.60. The number of hydrogen-bond donors (Lipinski definition) is 1. The maximum Gasteiger partial charge on any atom is 0.354 e. The van der Waals surface area contributed by atoms with Crippen molar-refractivity contribution in [2.45, 2.75) is 0 Å². The minimum absolute atomic E-state index is 0.0250. The molecule has 0 aliphatic carbocycles. The van der Waals surface area contributed by atoms with Gasteiger partial charge in [-0.2, -0.15) is 0 Å². The fourth-order valence-electron chi connectivity index (χ4n) is 0.924. The van der Waals surface area contributed by atoms with Crippen LogP contribution in [0.3, 0.4) is 0 Å². The van der Waals surface area contributed by atoms with Crippen molar-refractivity contribution in [2.24, 2.45) is 0 Å². The van der Waals surface area contributed by atoms with Crippen LogP contribution < -0.4 is 0 Å². The van der Waals surface area contributed by atoms with Gasteiger partial charge < -0.3 is 5.11 Å². The second-order valence-electron chi connectivity index (χ2n) is 2.44. The molecule has 0 aliphatic heterocycles. The molecule has 6 heteroatoms. The summed E-state index contributed by atoms with van der Waals surface area (Å²) in [5.74, 6) is -0.727. The van der Waals surface area contributed by atoms with Crippen LogP contribution in [0.2, 0.25) is 0 Å². The van der Waals surface area contributed by atoms with E-state index in [9.17, 15) is 4.79 Å². The molecular formula is C8H5N3O2S. The molecular weight excluding hydrogens is 202 g/mol. The van der Waals surface area contributed by atoms with Crippen LogP contribution in [0.5, 0.6) is 0 Å². The highest BCUT2D eigenvalue weighted by Crippen LogP contribution is 2.13. The van der Waals surface area contributed by atoms with Crippen molar-refractivity contribution in [1.82, 2.24) is 15.0 Å². The molecule has 0 aliphatic rings. The number of carboxylic acids is 1. The zero-order valence-corrected chi connectivity index (χ0v) is 7.73. The summed E-state index contributed by atoms with van der Waals surface area (Å²) >= 11 is 1.41. The summed E-state index contributed by atoms with van der Waals surface area (Å²) in [6.07, 6.45) is 1.41. The van der Waals surface area contributed by atoms with E-state index >= 15 is 0 Å². The molecule has 0 saturated heterocycles. The van der Waals surface area contributed by atoms with Gasteiger partial charge in [0.15, 0.2) is 11.5 Å². The Balaban J connectivity index is 2.46. The number of carboxylic acid groups (broad SMARTS) is 1. The molecule has 2 aromatic rings. The lowest BCUT2D eigenvalue weighted by molar-refractivity contribution is 0.0690. The standard InChI is InChI=1S/C8H5N3O2S/c12-8(13)5-1-2-9-7(11-5)6-3-14-4-10-6/h1-4H,(H,12,13). The Labute approximate surface area is 83.1 Å². The molecule has 0 unspecified atom stereocenters. The van der Waals surface area contributed by atoms with Crippen LogP contribution in [-0.4, -0.2) is 26.0 Å². The Morgan fingerprint density at radius 3 is 2.93 bits per heavy atom. The maximum absolute atomic E-state index is 10.6. The van der Waals surface area contributed by atoms with E-state index in [1.165, 1.54) is 23.6 Å². The molecule has 0 aromatic carbocycles. The van der Waals surface area contributed by atoms with E-state index in [-0.39, 0.29) is 5.69 Å². The maximum atomic E-state index is 10.6. The van der Waals surface area contributed by atoms with Crippen molar-refractivity contribution in [3.8, 4) is 11.5 Å². The monoisotopic (exact) mass is 207 g/mol. The van der Waals surface area contributed by atoms with Crippen LogP contribution in [0.15, 0.2) is 23.2 Å². The van der Waals surface area contributed by atoms with Crippen molar-refractivity contribution in [3.05, 3.63) is 28.8 Å². The topological polar surface area (TPSA) is 76.0 Å². The third-order valence-corrected chi connectivity index (χ3v) is 2.12. The average Bonchev–Trinajstić information content (AvgIpc) is 2.71. The highest BCUT2D eigenvalue weighted by atomic mass is 32.1. The first-order valence-electron chi connectivity index (χ1n) is 3.72. The number of rotatable bonds is 2. The molecule has 14 heavy (non-hydrogen) atoms. The van der Waals surface area contributed by atoms with E-state index in [0.29, 0.717) is 11.5 Å². The van der Waals surface area contributed by atoms with Crippen LogP contribution in [0.1, 0.15) is 10.5 Å². The van der Waals surface area contributed by atoms with Gasteiger partial charge in [-0.1, -0.05) is 0 Å². The SMILES string of the molecule is O=C(O)c1ccnc(-c2cscn2)n1. The van der Waals surface area contributed by atoms with Crippen LogP contribution in [0.4, 0.5) is 0 Å². The summed E-state index contributed by atoms with van der Waals surface area (Å²) in [5.41, 5.74) is 2.22. The van der Waals surface area contributed by atoms with Gasteiger partial charge >= 0.3 is 5.97 Å². The molecule has 2 heterocycles. The minimum Gasteiger partial charge on any atom is -0.477 e. The molecule has 2 rings (SSSR count). The Hall–Kier alpha value is -1.82. The van der Waals surface area contributed by atoms with Gasteiger partial charge in [0.25, 0.3) is 0 Å². The lowest BCUT2D eigenvalue weighted by Crippen LogP contribution is -2.02. The number of aromatic carboxylic acids is 1. The quantitative estimate of drug-likeness (QED) is 0.803. The number of thiazole rings is 1. The first kappa shape index (κ1) is 8.76. The molecule has 1 N–H and O–H groups in total. The molecule has 0 atom stereocenters. The summed E-state index contributed by atoms with van der Waals surface area (Å²) < 4.78 is 0. The summed E-state index contributed by atoms with van der Waals surface area (Å²) in [6, 6.07) is 1.35. The van der Waals surface area contributed by atoms with Gasteiger partial charge in [-0.3, -0.25) is 0 Å². The average molecular weight is 207 g/mol. The number of nitrogens with zero attached hydrogens (tertiary/aromatic N) is 3. The van der Waals surface area contributed by atoms with Gasteiger partial charge in [-0.15, -0.1) is 11.3 Å². The number of carbonyl (C=O) groups is 1. The van der Waals surface area contributed by atoms with Crippen molar-refractivity contribution in [2.75, 3.05) is 0 Å². The minimum atomic E-state index is -1.07. The van der Waals surface area contributed by atoms with Crippen molar-refractivity contribution >= 4 is 17.3 Å². The van der Waals surface area contributed by atoms with E-state index in [2.05, 4.69) is 15.0 Å². The summed E-state index contributed by atoms with van der Waals surface area (Å²) in [7, 11) is 0. The van der Waals surface area contributed by atoms with E-state index in [0.717, 1.165) is 0 Å². The Kier molecular flexibility index (Phi) is 2.19. The molecule has 0 spiro atoms. The van der Waals surface area contributed by atoms with E-state index in [1.807, 2.05) is 0 Å². The van der Waals surface area contributed by atoms with Crippen LogP contribution >= 0.6 is 11.3 Å². The zero-order valence-electron chi connectivity index (χ0n) is 6.91. The lowest BCUT2D eigenvalue weighted by Gasteiger charge is -1.96. The Morgan fingerprint density at radius 2 is 2.29 bits per heavy atom. The Bertz CT molecular complexity index is 455. The largest absolute Gasteiger partial charge is 0.477 e. The Morgan fingerprint density at radius 1 is 1.43 bits per heavy atom. The summed E-state index contributed by atoms with van der Waals surface area (Å²) in [5, 5.41) is 10.5. The first-order valence-corrected chi connectivity index (χ1v) is 4.66. The van der Waals surface area contributed by atoms with E-state index in [1.54, 1.807) is 10.9 Å². The van der Waals surface area contributed by atoms with Crippen molar-refractivity contribution < 1.29 is 9.90 Å². The molecule has 0 radical (unpaired) electrons. The fraction of sp³-hybridized carbons (Fsp3) is 0. The summed E-state index contributed by atoms with van der Waals surface area (Å²) in [4.78, 5) is 22.4. The first-order chi connectivity index (χ1) is 6.77. The van der Waals surface area contributed by atoms with E-state index in [4.69, 9.17) is 5.11 Å². The van der Waals surface area contributed by atoms with Gasteiger partial charge in [0.1, 0.15) is 5.69 Å². The molecule has 2 aromatic heterocycles. The highest BCUT2D eigenvalue weighted by molar-refractivity contribution is 7.07. The highest BCUT2D eigenvalue weighted by Gasteiger charge is 2.08. The predicted molar refractivity (Wildman–Crippen MR) is 50.1 cm³/mol. The third-order valence-electron chi connectivity index (χ3n) is 1.54. The molecule has 70 valence electrons. The number of hydrogen-bond acceptors (Lipinski definition) is 5. The van der Waals surface area contributed by atoms with Crippen molar-refractivity contribution in [1.29, 1.82) is 0 Å². The fourth-order valence-corrected chi connectivity index (χ4v) is 1.45.